The van der Waals surface area contributed by atoms with E-state index in [9.17, 15) is 0 Å². The molecule has 0 saturated heterocycles. The first-order chi connectivity index (χ1) is 22.3. The lowest BCUT2D eigenvalue weighted by Crippen LogP contribution is -2.35. The fraction of sp³-hybridized carbons (Fsp3) is 0.0732. The maximum Gasteiger partial charge on any atom is 0.0826 e. The lowest BCUT2D eigenvalue weighted by Gasteiger charge is -2.35. The summed E-state index contributed by atoms with van der Waals surface area (Å²) in [7, 11) is 0. The predicted molar refractivity (Wildman–Crippen MR) is 184 cm³/mol. The van der Waals surface area contributed by atoms with E-state index in [0.717, 1.165) is 61.2 Å². The third kappa shape index (κ3) is 4.26. The molecule has 0 spiro atoms. The Labute approximate surface area is 262 Å². The molecule has 1 aliphatic heterocycles. The van der Waals surface area contributed by atoms with Crippen LogP contribution in [0.4, 0.5) is 0 Å². The highest BCUT2D eigenvalue weighted by Gasteiger charge is 2.32. The molecule has 0 radical (unpaired) electrons. The summed E-state index contributed by atoms with van der Waals surface area (Å²) in [6.45, 7) is 0. The van der Waals surface area contributed by atoms with Crippen LogP contribution >= 0.6 is 0 Å². The zero-order valence-electron chi connectivity index (χ0n) is 24.6. The van der Waals surface area contributed by atoms with Crippen molar-refractivity contribution in [3.05, 3.63) is 169 Å². The highest BCUT2D eigenvalue weighted by molar-refractivity contribution is 6.12. The number of nitrogens with one attached hydrogen (secondary N) is 1. The van der Waals surface area contributed by atoms with Crippen molar-refractivity contribution >= 4 is 22.4 Å². The van der Waals surface area contributed by atoms with E-state index < -0.39 is 0 Å². The van der Waals surface area contributed by atoms with Crippen molar-refractivity contribution in [2.45, 2.75) is 12.1 Å². The van der Waals surface area contributed by atoms with E-state index in [1.165, 1.54) is 5.56 Å². The average molecular weight is 579 g/mol. The van der Waals surface area contributed by atoms with Gasteiger partial charge in [0, 0.05) is 28.0 Å². The second kappa shape index (κ2) is 10.5. The molecular weight excluding hydrogens is 548 g/mol. The molecule has 7 aromatic rings. The van der Waals surface area contributed by atoms with Crippen molar-refractivity contribution in [1.29, 1.82) is 0 Å². The van der Waals surface area contributed by atoms with Gasteiger partial charge in [-0.05, 0) is 28.1 Å². The average Bonchev–Trinajstić information content (AvgIpc) is 3.57. The molecule has 4 nitrogen and oxygen atoms in total. The van der Waals surface area contributed by atoms with E-state index >= 15 is 0 Å². The molecule has 1 N–H and O–H groups in total. The Morgan fingerprint density at radius 3 is 2.09 bits per heavy atom. The van der Waals surface area contributed by atoms with Crippen LogP contribution in [0.3, 0.4) is 0 Å². The van der Waals surface area contributed by atoms with Crippen LogP contribution in [0, 0.1) is 5.92 Å². The number of hydrogen-bond donors (Lipinski definition) is 1. The Bertz CT molecular complexity index is 2250. The molecule has 1 aliphatic carbocycles. The summed E-state index contributed by atoms with van der Waals surface area (Å²) in [5.74, 6) is 0.243. The first-order valence-corrected chi connectivity index (χ1v) is 15.6. The van der Waals surface area contributed by atoms with Crippen LogP contribution in [-0.4, -0.2) is 14.6 Å². The molecule has 2 aliphatic rings. The molecule has 0 fully saturated rings. The van der Waals surface area contributed by atoms with Gasteiger partial charge in [-0.25, -0.2) is 4.52 Å². The first-order valence-electron chi connectivity index (χ1n) is 15.6. The first kappa shape index (κ1) is 25.9. The number of pyridine rings is 2. The molecule has 4 heterocycles. The topological polar surface area (TPSA) is 42.2 Å². The van der Waals surface area contributed by atoms with Crippen LogP contribution < -0.4 is 5.32 Å². The quantitative estimate of drug-likeness (QED) is 0.212. The monoisotopic (exact) mass is 578 g/mol. The molecule has 0 bridgehead atoms. The van der Waals surface area contributed by atoms with Crippen molar-refractivity contribution in [3.63, 3.8) is 0 Å². The van der Waals surface area contributed by atoms with Gasteiger partial charge >= 0.3 is 0 Å². The molecular formula is C41H30N4. The number of nitrogens with zero attached hydrogens (tertiary/aromatic N) is 3. The summed E-state index contributed by atoms with van der Waals surface area (Å²) < 4.78 is 2.13. The standard InChI is InChI=1S/C41H30N4/c1-4-12-27(13-5-1)34-26-42-45-40(31-16-8-3-9-17-31)37(32-18-10-11-19-33(32)41(34)45)36-25-23-30-21-20-29-22-24-35(28-14-6-2-7-15-28)43-38(29)39(30)44-36/h1-26,29,35,38,43H. The van der Waals surface area contributed by atoms with Crippen molar-refractivity contribution in [2.24, 2.45) is 5.92 Å². The van der Waals surface area contributed by atoms with E-state index in [1.807, 2.05) is 6.20 Å². The highest BCUT2D eigenvalue weighted by atomic mass is 15.2. The van der Waals surface area contributed by atoms with E-state index in [4.69, 9.17) is 10.1 Å². The Hall–Kier alpha value is -5.58. The summed E-state index contributed by atoms with van der Waals surface area (Å²) in [6.07, 6.45) is 11.1. The molecule has 45 heavy (non-hydrogen) atoms. The Kier molecular flexibility index (Phi) is 6.06. The van der Waals surface area contributed by atoms with Crippen molar-refractivity contribution < 1.29 is 0 Å². The Balaban J connectivity index is 1.29. The van der Waals surface area contributed by atoms with Gasteiger partial charge in [-0.15, -0.1) is 0 Å². The van der Waals surface area contributed by atoms with Crippen LogP contribution in [0.2, 0.25) is 0 Å². The van der Waals surface area contributed by atoms with E-state index in [0.29, 0.717) is 0 Å². The second-order valence-corrected chi connectivity index (χ2v) is 11.8. The van der Waals surface area contributed by atoms with Crippen LogP contribution in [0.15, 0.2) is 152 Å². The number of hydrogen-bond acceptors (Lipinski definition) is 3. The summed E-state index contributed by atoms with van der Waals surface area (Å²) in [4.78, 5) is 5.52. The van der Waals surface area contributed by atoms with Crippen LogP contribution in [-0.2, 0) is 0 Å². The zero-order valence-corrected chi connectivity index (χ0v) is 24.6. The van der Waals surface area contributed by atoms with Gasteiger partial charge in [-0.3, -0.25) is 10.3 Å². The predicted octanol–water partition coefficient (Wildman–Crippen LogP) is 9.47. The van der Waals surface area contributed by atoms with Crippen LogP contribution in [0.25, 0.3) is 56.0 Å². The zero-order chi connectivity index (χ0) is 29.7. The molecule has 4 heteroatoms. The Morgan fingerprint density at radius 2 is 1.31 bits per heavy atom. The van der Waals surface area contributed by atoms with Crippen LogP contribution in [0.5, 0.6) is 0 Å². The fourth-order valence-electron chi connectivity index (χ4n) is 7.11. The van der Waals surface area contributed by atoms with Crippen LogP contribution in [0.1, 0.15) is 28.9 Å². The van der Waals surface area contributed by atoms with Gasteiger partial charge < -0.3 is 0 Å². The second-order valence-electron chi connectivity index (χ2n) is 11.8. The third-order valence-electron chi connectivity index (χ3n) is 9.24. The molecule has 9 rings (SSSR count). The number of benzene rings is 4. The van der Waals surface area contributed by atoms with Crippen molar-refractivity contribution in [2.75, 3.05) is 0 Å². The number of fused-ring (bicyclic) bond motifs is 6. The lowest BCUT2D eigenvalue weighted by molar-refractivity contribution is 0.408. The van der Waals surface area contributed by atoms with Gasteiger partial charge in [0.1, 0.15) is 0 Å². The largest absolute Gasteiger partial charge is 0.298 e. The molecule has 0 amide bonds. The van der Waals surface area contributed by atoms with Gasteiger partial charge in [0.15, 0.2) is 0 Å². The van der Waals surface area contributed by atoms with Crippen molar-refractivity contribution in [1.82, 2.24) is 19.9 Å². The Morgan fingerprint density at radius 1 is 0.622 bits per heavy atom. The van der Waals surface area contributed by atoms with Gasteiger partial charge in [-0.2, -0.15) is 5.10 Å². The summed E-state index contributed by atoms with van der Waals surface area (Å²) >= 11 is 0. The SMILES string of the molecule is C1=CC2C=CC(c3ccccc3)NC2c2nc(-c3c(-c4ccccc4)n4ncc(-c5ccccc5)c4c4ccccc34)ccc21. The summed E-state index contributed by atoms with van der Waals surface area (Å²) in [6, 6.07) is 45.1. The third-order valence-corrected chi connectivity index (χ3v) is 9.24. The minimum Gasteiger partial charge on any atom is -0.298 e. The lowest BCUT2D eigenvalue weighted by atomic mass is 9.83. The molecule has 3 aromatic heterocycles. The molecule has 4 aromatic carbocycles. The summed E-state index contributed by atoms with van der Waals surface area (Å²) in [5, 5.41) is 11.3. The molecule has 214 valence electrons. The normalized spacial score (nSPS) is 18.6. The van der Waals surface area contributed by atoms with Crippen molar-refractivity contribution in [3.8, 4) is 33.6 Å². The number of aromatic nitrogens is 3. The van der Waals surface area contributed by atoms with E-state index in [2.05, 4.69) is 162 Å². The van der Waals surface area contributed by atoms with E-state index in [1.54, 1.807) is 0 Å². The maximum absolute atomic E-state index is 5.52. The maximum atomic E-state index is 5.52. The van der Waals surface area contributed by atoms with Gasteiger partial charge in [0.25, 0.3) is 0 Å². The molecule has 3 atom stereocenters. The van der Waals surface area contributed by atoms with Gasteiger partial charge in [-0.1, -0.05) is 146 Å². The minimum absolute atomic E-state index is 0.0738. The number of rotatable bonds is 4. The van der Waals surface area contributed by atoms with Gasteiger partial charge in [0.05, 0.1) is 40.9 Å². The smallest absolute Gasteiger partial charge is 0.0826 e. The summed E-state index contributed by atoms with van der Waals surface area (Å²) in [5.41, 5.74) is 11.1. The molecule has 3 unspecified atom stereocenters. The fourth-order valence-corrected chi connectivity index (χ4v) is 7.11. The minimum atomic E-state index is 0.0738. The van der Waals surface area contributed by atoms with E-state index in [-0.39, 0.29) is 18.0 Å². The highest BCUT2D eigenvalue weighted by Crippen LogP contribution is 2.44. The molecule has 0 saturated carbocycles. The van der Waals surface area contributed by atoms with Gasteiger partial charge in [0.2, 0.25) is 0 Å².